The molecule has 0 saturated carbocycles. The zero-order chi connectivity index (χ0) is 16.9. The molecule has 2 heterocycles. The summed E-state index contributed by atoms with van der Waals surface area (Å²) in [5.74, 6) is 1.78. The highest BCUT2D eigenvalue weighted by atomic mass is 16.3. The van der Waals surface area contributed by atoms with Crippen molar-refractivity contribution in [2.24, 2.45) is 5.10 Å². The molecule has 3 rings (SSSR count). The molecule has 0 unspecified atom stereocenters. The van der Waals surface area contributed by atoms with Gasteiger partial charge in [-0.1, -0.05) is 12.2 Å². The van der Waals surface area contributed by atoms with Gasteiger partial charge in [-0.15, -0.1) is 0 Å². The minimum absolute atomic E-state index is 0.221. The van der Waals surface area contributed by atoms with Crippen molar-refractivity contribution in [1.82, 2.24) is 10.3 Å². The van der Waals surface area contributed by atoms with Gasteiger partial charge in [-0.3, -0.25) is 15.1 Å². The van der Waals surface area contributed by atoms with Crippen molar-refractivity contribution in [2.45, 2.75) is 13.3 Å². The Morgan fingerprint density at radius 3 is 3.04 bits per heavy atom. The van der Waals surface area contributed by atoms with Crippen LogP contribution >= 0.6 is 0 Å². The number of nitrogens with one attached hydrogen (secondary N) is 1. The summed E-state index contributed by atoms with van der Waals surface area (Å²) >= 11 is 0. The summed E-state index contributed by atoms with van der Waals surface area (Å²) in [4.78, 5) is 25.8. The predicted octanol–water partition coefficient (Wildman–Crippen LogP) is 2.62. The molecule has 24 heavy (non-hydrogen) atoms. The van der Waals surface area contributed by atoms with Crippen LogP contribution in [0.4, 0.5) is 0 Å². The van der Waals surface area contributed by atoms with E-state index in [9.17, 15) is 9.59 Å². The Kier molecular flexibility index (Phi) is 4.40. The van der Waals surface area contributed by atoms with Gasteiger partial charge in [0.2, 0.25) is 0 Å². The van der Waals surface area contributed by atoms with Crippen LogP contribution in [-0.2, 0) is 4.79 Å². The molecule has 2 aliphatic rings. The standard InChI is InChI=1S/C18H15N3O3/c1-13-8-11-24-17(13)18(23)21(15-6-9-19-20-10-7-15)16-5-3-2-4-14(16)12-22/h2-3,5-11,19H,4H2,1H3. The molecule has 0 fully saturated rings. The molecule has 6 heteroatoms. The number of carbonyl (C=O) groups excluding carboxylic acids is 2. The summed E-state index contributed by atoms with van der Waals surface area (Å²) in [6, 6.07) is 1.72. The highest BCUT2D eigenvalue weighted by Gasteiger charge is 2.28. The van der Waals surface area contributed by atoms with Crippen molar-refractivity contribution in [3.63, 3.8) is 0 Å². The van der Waals surface area contributed by atoms with Crippen molar-refractivity contribution < 1.29 is 14.0 Å². The molecule has 120 valence electrons. The number of hydrazone groups is 1. The van der Waals surface area contributed by atoms with E-state index in [4.69, 9.17) is 4.42 Å². The van der Waals surface area contributed by atoms with Crippen molar-refractivity contribution in [3.05, 3.63) is 77.2 Å². The van der Waals surface area contributed by atoms with E-state index in [1.165, 1.54) is 17.4 Å². The molecule has 0 aromatic carbocycles. The number of furan rings is 1. The molecule has 1 aliphatic heterocycles. The van der Waals surface area contributed by atoms with Crippen molar-refractivity contribution in [3.8, 4) is 0 Å². The summed E-state index contributed by atoms with van der Waals surface area (Å²) in [6.07, 6.45) is 13.8. The summed E-state index contributed by atoms with van der Waals surface area (Å²) in [5.41, 5.74) is 4.85. The number of aryl methyl sites for hydroxylation is 1. The quantitative estimate of drug-likeness (QED) is 0.868. The number of nitrogens with zero attached hydrogens (tertiary/aromatic N) is 2. The Morgan fingerprint density at radius 1 is 1.42 bits per heavy atom. The second-order valence-corrected chi connectivity index (χ2v) is 5.17. The van der Waals surface area contributed by atoms with Crippen LogP contribution in [0.1, 0.15) is 22.5 Å². The summed E-state index contributed by atoms with van der Waals surface area (Å²) in [7, 11) is 0. The van der Waals surface area contributed by atoms with E-state index in [-0.39, 0.29) is 11.7 Å². The molecular weight excluding hydrogens is 306 g/mol. The van der Waals surface area contributed by atoms with Crippen LogP contribution < -0.4 is 5.43 Å². The molecule has 1 aromatic heterocycles. The van der Waals surface area contributed by atoms with Crippen molar-refractivity contribution in [1.29, 1.82) is 0 Å². The van der Waals surface area contributed by atoms with Crippen molar-refractivity contribution >= 4 is 18.1 Å². The van der Waals surface area contributed by atoms with Gasteiger partial charge in [0.15, 0.2) is 5.76 Å². The monoisotopic (exact) mass is 321 g/mol. The Hall–Kier alpha value is -3.37. The van der Waals surface area contributed by atoms with E-state index in [1.807, 2.05) is 12.0 Å². The second kappa shape index (κ2) is 6.81. The van der Waals surface area contributed by atoms with Crippen LogP contribution in [0.3, 0.4) is 0 Å². The minimum atomic E-state index is -0.363. The Bertz CT molecular complexity index is 862. The smallest absolute Gasteiger partial charge is 0.298 e. The lowest BCUT2D eigenvalue weighted by Crippen LogP contribution is -2.31. The third-order valence-electron chi connectivity index (χ3n) is 3.63. The Balaban J connectivity index is 2.13. The first kappa shape index (κ1) is 15.5. The lowest BCUT2D eigenvalue weighted by Gasteiger charge is -2.26. The average molecular weight is 321 g/mol. The van der Waals surface area contributed by atoms with Gasteiger partial charge in [0.1, 0.15) is 5.94 Å². The largest absolute Gasteiger partial charge is 0.459 e. The lowest BCUT2D eigenvalue weighted by atomic mass is 10.0. The molecule has 1 aromatic rings. The summed E-state index contributed by atoms with van der Waals surface area (Å²) in [5, 5.41) is 3.91. The molecule has 0 radical (unpaired) electrons. The maximum absolute atomic E-state index is 13.1. The topological polar surface area (TPSA) is 74.9 Å². The van der Waals surface area contributed by atoms with Gasteiger partial charge < -0.3 is 4.42 Å². The van der Waals surface area contributed by atoms with Gasteiger partial charge >= 0.3 is 0 Å². The molecule has 1 amide bonds. The van der Waals surface area contributed by atoms with Crippen LogP contribution in [0.5, 0.6) is 0 Å². The zero-order valence-electron chi connectivity index (χ0n) is 13.0. The molecule has 1 aliphatic carbocycles. The third-order valence-corrected chi connectivity index (χ3v) is 3.63. The maximum atomic E-state index is 13.1. The fourth-order valence-corrected chi connectivity index (χ4v) is 2.44. The molecule has 0 spiro atoms. The molecule has 0 bridgehead atoms. The van der Waals surface area contributed by atoms with Gasteiger partial charge in [0.05, 0.1) is 23.2 Å². The summed E-state index contributed by atoms with van der Waals surface area (Å²) < 4.78 is 5.34. The fraction of sp³-hybridized carbons (Fsp3) is 0.111. The van der Waals surface area contributed by atoms with E-state index >= 15 is 0 Å². The predicted molar refractivity (Wildman–Crippen MR) is 89.5 cm³/mol. The van der Waals surface area contributed by atoms with Crippen LogP contribution in [0.2, 0.25) is 0 Å². The van der Waals surface area contributed by atoms with Crippen molar-refractivity contribution in [2.75, 3.05) is 0 Å². The SMILES string of the molecule is Cc1ccoc1C(=O)N(C1=CC=NNC=C1)C1=CC=CCC1=C=O. The Labute approximate surface area is 138 Å². The number of allylic oxidation sites excluding steroid dienone is 6. The van der Waals surface area contributed by atoms with Gasteiger partial charge in [0.25, 0.3) is 5.91 Å². The first-order valence-electron chi connectivity index (χ1n) is 7.37. The maximum Gasteiger partial charge on any atom is 0.298 e. The lowest BCUT2D eigenvalue weighted by molar-refractivity contribution is 0.0819. The van der Waals surface area contributed by atoms with E-state index < -0.39 is 0 Å². The number of amides is 1. The van der Waals surface area contributed by atoms with Gasteiger partial charge in [-0.05, 0) is 31.2 Å². The second-order valence-electron chi connectivity index (χ2n) is 5.17. The molecule has 0 atom stereocenters. The first-order chi connectivity index (χ1) is 11.7. The van der Waals surface area contributed by atoms with E-state index in [0.29, 0.717) is 23.4 Å². The minimum Gasteiger partial charge on any atom is -0.459 e. The first-order valence-corrected chi connectivity index (χ1v) is 7.37. The highest BCUT2D eigenvalue weighted by molar-refractivity contribution is 5.97. The molecule has 6 nitrogen and oxygen atoms in total. The average Bonchev–Trinajstić information content (AvgIpc) is 2.86. The Morgan fingerprint density at radius 2 is 2.29 bits per heavy atom. The third kappa shape index (κ3) is 2.91. The molecular formula is C18H15N3O3. The number of carbonyl (C=O) groups is 1. The van der Waals surface area contributed by atoms with E-state index in [1.54, 1.807) is 43.5 Å². The van der Waals surface area contributed by atoms with Crippen LogP contribution in [0, 0.1) is 6.92 Å². The van der Waals surface area contributed by atoms with Gasteiger partial charge in [0, 0.05) is 24.4 Å². The fourth-order valence-electron chi connectivity index (χ4n) is 2.44. The van der Waals surface area contributed by atoms with Gasteiger partial charge in [-0.2, -0.15) is 5.10 Å². The van der Waals surface area contributed by atoms with E-state index in [0.717, 1.165) is 5.56 Å². The zero-order valence-corrected chi connectivity index (χ0v) is 13.0. The highest BCUT2D eigenvalue weighted by Crippen LogP contribution is 2.28. The van der Waals surface area contributed by atoms with Gasteiger partial charge in [-0.25, -0.2) is 4.79 Å². The normalized spacial score (nSPS) is 16.0. The number of hydrogen-bond acceptors (Lipinski definition) is 5. The van der Waals surface area contributed by atoms with Crippen LogP contribution in [0.15, 0.2) is 75.4 Å². The van der Waals surface area contributed by atoms with E-state index in [2.05, 4.69) is 10.5 Å². The number of hydrogen-bond donors (Lipinski definition) is 1. The number of rotatable bonds is 3. The molecule has 1 N–H and O–H groups in total. The van der Waals surface area contributed by atoms with Crippen LogP contribution in [0.25, 0.3) is 0 Å². The molecule has 0 saturated heterocycles. The van der Waals surface area contributed by atoms with Crippen LogP contribution in [-0.4, -0.2) is 23.0 Å². The summed E-state index contributed by atoms with van der Waals surface area (Å²) in [6.45, 7) is 1.79.